The van der Waals surface area contributed by atoms with Gasteiger partial charge in [0.05, 0.1) is 12.8 Å². The monoisotopic (exact) mass is 369 g/mol. The van der Waals surface area contributed by atoms with E-state index in [1.54, 1.807) is 35.2 Å². The van der Waals surface area contributed by atoms with E-state index in [2.05, 4.69) is 10.3 Å². The molecule has 2 aromatic carbocycles. The second-order valence-corrected chi connectivity index (χ2v) is 6.50. The maximum absolute atomic E-state index is 12.3. The lowest BCUT2D eigenvalue weighted by molar-refractivity contribution is -0.116. The highest BCUT2D eigenvalue weighted by Gasteiger charge is 2.31. The van der Waals surface area contributed by atoms with Gasteiger partial charge in [0, 0.05) is 23.0 Å². The Hall–Kier alpha value is -2.99. The topological polar surface area (TPSA) is 76.4 Å². The van der Waals surface area contributed by atoms with E-state index in [1.807, 2.05) is 18.2 Å². The average Bonchev–Trinajstić information content (AvgIpc) is 3.04. The second-order valence-electron chi connectivity index (χ2n) is 6.06. The molecule has 2 heterocycles. The van der Waals surface area contributed by atoms with E-state index in [4.69, 9.17) is 16.3 Å². The Morgan fingerprint density at radius 2 is 2.15 bits per heavy atom. The highest BCUT2D eigenvalue weighted by molar-refractivity contribution is 6.30. The Morgan fingerprint density at radius 1 is 1.31 bits per heavy atom. The van der Waals surface area contributed by atoms with Crippen LogP contribution in [0.3, 0.4) is 0 Å². The molecule has 0 fully saturated rings. The number of aromatic nitrogens is 2. The summed E-state index contributed by atoms with van der Waals surface area (Å²) in [6.07, 6.45) is 1.92. The van der Waals surface area contributed by atoms with Crippen LogP contribution in [-0.4, -0.2) is 27.7 Å². The van der Waals surface area contributed by atoms with Gasteiger partial charge in [-0.3, -0.25) is 9.36 Å². The van der Waals surface area contributed by atoms with Gasteiger partial charge in [-0.2, -0.15) is 0 Å². The van der Waals surface area contributed by atoms with Crippen LogP contribution in [-0.2, 0) is 4.79 Å². The molecule has 1 atom stereocenters. The van der Waals surface area contributed by atoms with Crippen LogP contribution >= 0.6 is 11.6 Å². The third-order valence-electron chi connectivity index (χ3n) is 4.46. The minimum atomic E-state index is -0.254. The van der Waals surface area contributed by atoms with Crippen molar-refractivity contribution in [3.63, 3.8) is 0 Å². The Labute approximate surface area is 155 Å². The first-order valence-electron chi connectivity index (χ1n) is 8.06. The molecule has 1 aliphatic rings. The van der Waals surface area contributed by atoms with Crippen molar-refractivity contribution in [3.05, 3.63) is 65.1 Å². The van der Waals surface area contributed by atoms with Gasteiger partial charge < -0.3 is 15.2 Å². The van der Waals surface area contributed by atoms with Crippen LogP contribution < -0.4 is 10.1 Å². The number of anilines is 1. The molecule has 7 heteroatoms. The number of phenolic OH excluding ortho intramolecular Hbond substituents is 1. The predicted molar refractivity (Wildman–Crippen MR) is 98.3 cm³/mol. The fraction of sp³-hybridized carbons (Fsp3) is 0.158. The summed E-state index contributed by atoms with van der Waals surface area (Å²) < 4.78 is 6.89. The molecule has 3 aromatic rings. The number of imidazole rings is 1. The van der Waals surface area contributed by atoms with Crippen LogP contribution in [0.5, 0.6) is 11.5 Å². The van der Waals surface area contributed by atoms with Gasteiger partial charge in [-0.25, -0.2) is 4.98 Å². The minimum Gasteiger partial charge on any atom is -0.504 e. The van der Waals surface area contributed by atoms with Crippen molar-refractivity contribution in [2.75, 3.05) is 12.4 Å². The van der Waals surface area contributed by atoms with E-state index in [0.29, 0.717) is 16.6 Å². The number of aromatic hydroxyl groups is 1. The molecule has 0 aliphatic carbocycles. The molecule has 0 bridgehead atoms. The van der Waals surface area contributed by atoms with Crippen molar-refractivity contribution >= 4 is 23.3 Å². The molecule has 0 radical (unpaired) electrons. The smallest absolute Gasteiger partial charge is 0.226 e. The normalized spacial score (nSPS) is 16.1. The van der Waals surface area contributed by atoms with Crippen LogP contribution in [0.2, 0.25) is 5.02 Å². The Kier molecular flexibility index (Phi) is 4.05. The van der Waals surface area contributed by atoms with Gasteiger partial charge in [0.25, 0.3) is 0 Å². The summed E-state index contributed by atoms with van der Waals surface area (Å²) in [5.41, 5.74) is 2.36. The molecular weight excluding hydrogens is 354 g/mol. The molecule has 0 saturated carbocycles. The van der Waals surface area contributed by atoms with E-state index in [1.165, 1.54) is 7.11 Å². The lowest BCUT2D eigenvalue weighted by Gasteiger charge is -2.23. The number of nitrogens with zero attached hydrogens (tertiary/aromatic N) is 2. The number of phenols is 1. The van der Waals surface area contributed by atoms with Crippen molar-refractivity contribution < 1.29 is 14.6 Å². The summed E-state index contributed by atoms with van der Waals surface area (Å²) in [5.74, 6) is 0.673. The molecule has 1 aromatic heterocycles. The van der Waals surface area contributed by atoms with E-state index in [9.17, 15) is 9.90 Å². The van der Waals surface area contributed by atoms with Gasteiger partial charge in [0.1, 0.15) is 12.1 Å². The number of ether oxygens (including phenoxy) is 1. The average molecular weight is 370 g/mol. The second kappa shape index (κ2) is 6.38. The number of benzene rings is 2. The highest BCUT2D eigenvalue weighted by Crippen LogP contribution is 2.39. The highest BCUT2D eigenvalue weighted by atomic mass is 35.5. The lowest BCUT2D eigenvalue weighted by atomic mass is 9.89. The number of halogens is 1. The quantitative estimate of drug-likeness (QED) is 0.737. The van der Waals surface area contributed by atoms with Crippen LogP contribution in [0.1, 0.15) is 23.6 Å². The third kappa shape index (κ3) is 2.78. The number of hydrogen-bond donors (Lipinski definition) is 2. The summed E-state index contributed by atoms with van der Waals surface area (Å²) in [4.78, 5) is 16.8. The summed E-state index contributed by atoms with van der Waals surface area (Å²) >= 11 is 6.08. The Morgan fingerprint density at radius 3 is 2.88 bits per heavy atom. The molecule has 0 spiro atoms. The molecule has 2 N–H and O–H groups in total. The summed E-state index contributed by atoms with van der Waals surface area (Å²) in [7, 11) is 1.49. The number of rotatable bonds is 3. The largest absolute Gasteiger partial charge is 0.504 e. The Bertz CT molecular complexity index is 999. The van der Waals surface area contributed by atoms with Gasteiger partial charge in [0.15, 0.2) is 11.5 Å². The number of amides is 1. The van der Waals surface area contributed by atoms with Gasteiger partial charge in [-0.05, 0) is 35.9 Å². The molecule has 132 valence electrons. The number of hydrogen-bond acceptors (Lipinski definition) is 4. The number of carbonyl (C=O) groups excluding carboxylic acids is 1. The fourth-order valence-electron chi connectivity index (χ4n) is 3.23. The van der Waals surface area contributed by atoms with Crippen LogP contribution in [0, 0.1) is 0 Å². The molecule has 4 rings (SSSR count). The van der Waals surface area contributed by atoms with E-state index >= 15 is 0 Å². The van der Waals surface area contributed by atoms with Crippen molar-refractivity contribution in [2.24, 2.45) is 0 Å². The molecule has 26 heavy (non-hydrogen) atoms. The standard InChI is InChI=1S/C19H16ClN3O3/c1-26-16-6-5-11(7-15(16)24)14-9-17(25)22-19-18(14)21-10-23(19)13-4-2-3-12(20)8-13/h2-8,10,14,24H,9H2,1H3,(H,22,25)/t14-/m1/s1. The number of nitrogens with one attached hydrogen (secondary N) is 1. The van der Waals surface area contributed by atoms with Crippen molar-refractivity contribution in [1.82, 2.24) is 9.55 Å². The molecule has 1 amide bonds. The predicted octanol–water partition coefficient (Wildman–Crippen LogP) is 3.71. The van der Waals surface area contributed by atoms with Crippen molar-refractivity contribution in [2.45, 2.75) is 12.3 Å². The van der Waals surface area contributed by atoms with Crippen LogP contribution in [0.25, 0.3) is 5.69 Å². The van der Waals surface area contributed by atoms with Gasteiger partial charge in [0.2, 0.25) is 5.91 Å². The third-order valence-corrected chi connectivity index (χ3v) is 4.70. The maximum atomic E-state index is 12.3. The summed E-state index contributed by atoms with van der Waals surface area (Å²) in [6, 6.07) is 12.5. The summed E-state index contributed by atoms with van der Waals surface area (Å²) in [6.45, 7) is 0. The first-order chi connectivity index (χ1) is 12.6. The maximum Gasteiger partial charge on any atom is 0.226 e. The van der Waals surface area contributed by atoms with Gasteiger partial charge >= 0.3 is 0 Å². The zero-order valence-electron chi connectivity index (χ0n) is 13.9. The van der Waals surface area contributed by atoms with E-state index in [0.717, 1.165) is 16.9 Å². The van der Waals surface area contributed by atoms with Gasteiger partial charge in [-0.1, -0.05) is 23.7 Å². The van der Waals surface area contributed by atoms with Crippen LogP contribution in [0.15, 0.2) is 48.8 Å². The van der Waals surface area contributed by atoms with E-state index < -0.39 is 0 Å². The van der Waals surface area contributed by atoms with E-state index in [-0.39, 0.29) is 24.0 Å². The first kappa shape index (κ1) is 16.5. The minimum absolute atomic E-state index is 0.0341. The molecule has 0 saturated heterocycles. The first-order valence-corrected chi connectivity index (χ1v) is 8.44. The Balaban J connectivity index is 1.80. The molecule has 6 nitrogen and oxygen atoms in total. The number of fused-ring (bicyclic) bond motifs is 1. The lowest BCUT2D eigenvalue weighted by Crippen LogP contribution is -2.24. The summed E-state index contributed by atoms with van der Waals surface area (Å²) in [5, 5.41) is 13.6. The molecular formula is C19H16ClN3O3. The molecule has 1 aliphatic heterocycles. The zero-order chi connectivity index (χ0) is 18.3. The number of carbonyl (C=O) groups is 1. The zero-order valence-corrected chi connectivity index (χ0v) is 14.7. The molecule has 0 unspecified atom stereocenters. The van der Waals surface area contributed by atoms with Crippen LogP contribution in [0.4, 0.5) is 5.82 Å². The fourth-order valence-corrected chi connectivity index (χ4v) is 3.41. The number of methoxy groups -OCH3 is 1. The van der Waals surface area contributed by atoms with Crippen molar-refractivity contribution in [3.8, 4) is 17.2 Å². The van der Waals surface area contributed by atoms with Gasteiger partial charge in [-0.15, -0.1) is 0 Å². The SMILES string of the molecule is COc1ccc([C@H]2CC(=O)Nc3c2ncn3-c2cccc(Cl)c2)cc1O. The van der Waals surface area contributed by atoms with Crippen molar-refractivity contribution in [1.29, 1.82) is 0 Å².